The van der Waals surface area contributed by atoms with Gasteiger partial charge in [-0.15, -0.1) is 11.3 Å². The summed E-state index contributed by atoms with van der Waals surface area (Å²) in [5.41, 5.74) is 0.409. The summed E-state index contributed by atoms with van der Waals surface area (Å²) in [6, 6.07) is 8.03. The van der Waals surface area contributed by atoms with Crippen LogP contribution >= 0.6 is 11.3 Å². The Hall–Kier alpha value is -1.88. The van der Waals surface area contributed by atoms with Crippen LogP contribution in [0, 0.1) is 5.82 Å². The van der Waals surface area contributed by atoms with Crippen molar-refractivity contribution in [2.75, 3.05) is 0 Å². The molecule has 0 fully saturated rings. The number of carbonyl (C=O) groups is 1. The molecule has 20 heavy (non-hydrogen) atoms. The van der Waals surface area contributed by atoms with E-state index in [1.54, 1.807) is 24.3 Å². The first-order chi connectivity index (χ1) is 9.61. The molecule has 0 atom stereocenters. The maximum Gasteiger partial charge on any atom is 0.349 e. The molecular weight excluding hydrogens is 279 g/mol. The van der Waals surface area contributed by atoms with Crippen molar-refractivity contribution < 1.29 is 19.0 Å². The van der Waals surface area contributed by atoms with Gasteiger partial charge in [-0.1, -0.05) is 31.5 Å². The Labute approximate surface area is 120 Å². The molecule has 0 bridgehead atoms. The molecule has 0 aliphatic carbocycles. The zero-order chi connectivity index (χ0) is 14.5. The fraction of sp³-hybridized carbons (Fsp3) is 0.267. The van der Waals surface area contributed by atoms with Crippen molar-refractivity contribution in [2.24, 2.45) is 0 Å². The van der Waals surface area contributed by atoms with Gasteiger partial charge in [0.2, 0.25) is 0 Å². The van der Waals surface area contributed by atoms with Crippen LogP contribution in [0.5, 0.6) is 5.75 Å². The summed E-state index contributed by atoms with van der Waals surface area (Å²) in [6.07, 6.45) is 1.75. The minimum absolute atomic E-state index is 0.0231. The molecule has 0 aliphatic rings. The number of ether oxygens (including phenoxy) is 1. The summed E-state index contributed by atoms with van der Waals surface area (Å²) in [5, 5.41) is 9.16. The van der Waals surface area contributed by atoms with Gasteiger partial charge in [-0.25, -0.2) is 9.18 Å². The molecule has 3 nitrogen and oxygen atoms in total. The van der Waals surface area contributed by atoms with Crippen molar-refractivity contribution in [3.05, 3.63) is 51.5 Å². The molecule has 0 aliphatic heterocycles. The Bertz CT molecular complexity index is 607. The Morgan fingerprint density at radius 1 is 1.40 bits per heavy atom. The molecule has 0 saturated heterocycles. The molecule has 0 saturated carbocycles. The minimum atomic E-state index is -1.01. The van der Waals surface area contributed by atoms with Crippen molar-refractivity contribution in [3.63, 3.8) is 0 Å². The molecule has 106 valence electrons. The van der Waals surface area contributed by atoms with E-state index in [-0.39, 0.29) is 17.3 Å². The summed E-state index contributed by atoms with van der Waals surface area (Å²) in [4.78, 5) is 12.3. The van der Waals surface area contributed by atoms with Crippen molar-refractivity contribution in [1.29, 1.82) is 0 Å². The van der Waals surface area contributed by atoms with Crippen molar-refractivity contribution in [2.45, 2.75) is 26.4 Å². The highest BCUT2D eigenvalue weighted by Crippen LogP contribution is 2.31. The van der Waals surface area contributed by atoms with Crippen LogP contribution in [0.4, 0.5) is 4.39 Å². The standard InChI is InChI=1S/C15H15FO3S/c1-2-5-11-8-13(14(20-11)15(17)18)19-9-10-6-3-4-7-12(10)16/h3-4,6-8H,2,5,9H2,1H3,(H,17,18). The van der Waals surface area contributed by atoms with Crippen LogP contribution in [0.2, 0.25) is 0 Å². The number of hydrogen-bond acceptors (Lipinski definition) is 3. The number of aromatic carboxylic acids is 1. The van der Waals surface area contributed by atoms with E-state index in [1.807, 2.05) is 6.92 Å². The number of halogens is 1. The lowest BCUT2D eigenvalue weighted by Crippen LogP contribution is -2.01. The molecule has 1 heterocycles. The fourth-order valence-electron chi connectivity index (χ4n) is 1.82. The summed E-state index contributed by atoms with van der Waals surface area (Å²) in [6.45, 7) is 2.05. The Balaban J connectivity index is 2.16. The number of thiophene rings is 1. The van der Waals surface area contributed by atoms with E-state index in [4.69, 9.17) is 9.84 Å². The van der Waals surface area contributed by atoms with Gasteiger partial charge in [0, 0.05) is 10.4 Å². The van der Waals surface area contributed by atoms with E-state index in [2.05, 4.69) is 0 Å². The second kappa shape index (κ2) is 6.52. The zero-order valence-corrected chi connectivity index (χ0v) is 11.9. The average molecular weight is 294 g/mol. The van der Waals surface area contributed by atoms with Gasteiger partial charge in [0.25, 0.3) is 0 Å². The first-order valence-corrected chi connectivity index (χ1v) is 7.15. The lowest BCUT2D eigenvalue weighted by atomic mass is 10.2. The third-order valence-electron chi connectivity index (χ3n) is 2.78. The van der Waals surface area contributed by atoms with Gasteiger partial charge in [0.05, 0.1) is 0 Å². The van der Waals surface area contributed by atoms with Gasteiger partial charge in [-0.05, 0) is 18.6 Å². The zero-order valence-electron chi connectivity index (χ0n) is 11.1. The van der Waals surface area contributed by atoms with Crippen molar-refractivity contribution >= 4 is 17.3 Å². The Morgan fingerprint density at radius 3 is 2.80 bits per heavy atom. The number of aryl methyl sites for hydroxylation is 1. The smallest absolute Gasteiger partial charge is 0.349 e. The molecule has 2 aromatic rings. The largest absolute Gasteiger partial charge is 0.487 e. The molecular formula is C15H15FO3S. The van der Waals surface area contributed by atoms with E-state index in [0.717, 1.165) is 17.7 Å². The van der Waals surface area contributed by atoms with E-state index in [1.165, 1.54) is 17.4 Å². The molecule has 0 spiro atoms. The summed E-state index contributed by atoms with van der Waals surface area (Å²) < 4.78 is 19.0. The van der Waals surface area contributed by atoms with Crippen LogP contribution in [0.15, 0.2) is 30.3 Å². The maximum atomic E-state index is 13.5. The maximum absolute atomic E-state index is 13.5. The topological polar surface area (TPSA) is 46.5 Å². The van der Waals surface area contributed by atoms with Gasteiger partial charge < -0.3 is 9.84 Å². The van der Waals surface area contributed by atoms with E-state index in [9.17, 15) is 9.18 Å². The summed E-state index contributed by atoms with van der Waals surface area (Å²) >= 11 is 1.21. The number of rotatable bonds is 6. The molecule has 1 N–H and O–H groups in total. The van der Waals surface area contributed by atoms with Gasteiger partial charge in [0.1, 0.15) is 18.2 Å². The lowest BCUT2D eigenvalue weighted by Gasteiger charge is -2.06. The number of hydrogen-bond donors (Lipinski definition) is 1. The number of carboxylic acids is 1. The quantitative estimate of drug-likeness (QED) is 0.871. The van der Waals surface area contributed by atoms with Crippen LogP contribution in [0.25, 0.3) is 0 Å². The first-order valence-electron chi connectivity index (χ1n) is 6.34. The molecule has 2 rings (SSSR count). The summed E-state index contributed by atoms with van der Waals surface area (Å²) in [7, 11) is 0. The highest BCUT2D eigenvalue weighted by molar-refractivity contribution is 7.14. The predicted octanol–water partition coefficient (Wildman–Crippen LogP) is 4.12. The normalized spacial score (nSPS) is 10.5. The third kappa shape index (κ3) is 3.36. The second-order valence-electron chi connectivity index (χ2n) is 4.34. The Morgan fingerprint density at radius 2 is 2.15 bits per heavy atom. The highest BCUT2D eigenvalue weighted by atomic mass is 32.1. The second-order valence-corrected chi connectivity index (χ2v) is 5.48. The van der Waals surface area contributed by atoms with Crippen LogP contribution in [-0.2, 0) is 13.0 Å². The molecule has 0 unspecified atom stereocenters. The van der Waals surface area contributed by atoms with Gasteiger partial charge >= 0.3 is 5.97 Å². The fourth-order valence-corrected chi connectivity index (χ4v) is 2.86. The molecule has 0 radical (unpaired) electrons. The molecule has 1 aromatic heterocycles. The summed E-state index contributed by atoms with van der Waals surface area (Å²) in [5.74, 6) is -1.05. The van der Waals surface area contributed by atoms with Crippen LogP contribution in [0.1, 0.15) is 33.5 Å². The lowest BCUT2D eigenvalue weighted by molar-refractivity contribution is 0.0697. The van der Waals surface area contributed by atoms with E-state index < -0.39 is 5.97 Å². The van der Waals surface area contributed by atoms with Crippen LogP contribution in [0.3, 0.4) is 0 Å². The molecule has 1 aromatic carbocycles. The van der Waals surface area contributed by atoms with E-state index >= 15 is 0 Å². The Kier molecular flexibility index (Phi) is 4.74. The number of carboxylic acid groups (broad SMARTS) is 1. The molecule has 5 heteroatoms. The highest BCUT2D eigenvalue weighted by Gasteiger charge is 2.17. The van der Waals surface area contributed by atoms with Crippen molar-refractivity contribution in [1.82, 2.24) is 0 Å². The minimum Gasteiger partial charge on any atom is -0.487 e. The van der Waals surface area contributed by atoms with Gasteiger partial charge in [-0.3, -0.25) is 0 Å². The van der Waals surface area contributed by atoms with Crippen molar-refractivity contribution in [3.8, 4) is 5.75 Å². The van der Waals surface area contributed by atoms with Gasteiger partial charge in [0.15, 0.2) is 4.88 Å². The van der Waals surface area contributed by atoms with E-state index in [0.29, 0.717) is 11.3 Å². The SMILES string of the molecule is CCCc1cc(OCc2ccccc2F)c(C(=O)O)s1. The van der Waals surface area contributed by atoms with Crippen LogP contribution in [-0.4, -0.2) is 11.1 Å². The number of benzene rings is 1. The van der Waals surface area contributed by atoms with Gasteiger partial charge in [-0.2, -0.15) is 0 Å². The van der Waals surface area contributed by atoms with Crippen LogP contribution < -0.4 is 4.74 Å². The third-order valence-corrected chi connectivity index (χ3v) is 3.94. The predicted molar refractivity (Wildman–Crippen MR) is 76.0 cm³/mol. The average Bonchev–Trinajstić information content (AvgIpc) is 2.82. The monoisotopic (exact) mass is 294 g/mol. The first kappa shape index (κ1) is 14.5. The molecule has 0 amide bonds.